The number of hydrogen-bond donors (Lipinski definition) is 1. The summed E-state index contributed by atoms with van der Waals surface area (Å²) in [5, 5.41) is 2.97. The fraction of sp³-hybridized carbons (Fsp3) is 0.235. The standard InChI is InChI=1S/C17H18FNOS/c1-13(15-5-3-2-4-6-15)19-17(20)12-21-11-14-7-9-16(18)10-8-14/h2-10,13H,11-12H2,1H3,(H,19,20)/t13-/m0/s1. The van der Waals surface area contributed by atoms with Crippen molar-refractivity contribution < 1.29 is 9.18 Å². The van der Waals surface area contributed by atoms with Gasteiger partial charge >= 0.3 is 0 Å². The summed E-state index contributed by atoms with van der Waals surface area (Å²) in [7, 11) is 0. The Kier molecular flexibility index (Phi) is 5.81. The smallest absolute Gasteiger partial charge is 0.230 e. The maximum atomic E-state index is 12.8. The second-order valence-electron chi connectivity index (χ2n) is 4.82. The lowest BCUT2D eigenvalue weighted by Gasteiger charge is -2.14. The molecule has 4 heteroatoms. The number of rotatable bonds is 6. The van der Waals surface area contributed by atoms with Gasteiger partial charge in [-0.3, -0.25) is 4.79 Å². The zero-order chi connectivity index (χ0) is 15.1. The number of thioether (sulfide) groups is 1. The molecule has 0 unspecified atom stereocenters. The molecule has 2 rings (SSSR count). The van der Waals surface area contributed by atoms with Gasteiger partial charge in [-0.05, 0) is 30.2 Å². The normalized spacial score (nSPS) is 11.9. The first-order valence-corrected chi connectivity index (χ1v) is 7.97. The minimum atomic E-state index is -0.238. The summed E-state index contributed by atoms with van der Waals surface area (Å²) in [5.74, 6) is 0.874. The number of benzene rings is 2. The summed E-state index contributed by atoms with van der Waals surface area (Å²) in [6, 6.07) is 16.2. The Balaban J connectivity index is 1.73. The lowest BCUT2D eigenvalue weighted by atomic mass is 10.1. The van der Waals surface area contributed by atoms with Crippen LogP contribution in [0.4, 0.5) is 4.39 Å². The van der Waals surface area contributed by atoms with Crippen LogP contribution >= 0.6 is 11.8 Å². The van der Waals surface area contributed by atoms with Crippen molar-refractivity contribution in [2.75, 3.05) is 5.75 Å². The molecule has 0 radical (unpaired) electrons. The first kappa shape index (κ1) is 15.6. The summed E-state index contributed by atoms with van der Waals surface area (Å²) in [5.41, 5.74) is 2.11. The number of carbonyl (C=O) groups excluding carboxylic acids is 1. The van der Waals surface area contributed by atoms with E-state index in [1.165, 1.54) is 23.9 Å². The van der Waals surface area contributed by atoms with Crippen LogP contribution in [-0.2, 0) is 10.5 Å². The predicted octanol–water partition coefficient (Wildman–Crippen LogP) is 3.94. The van der Waals surface area contributed by atoms with Crippen molar-refractivity contribution >= 4 is 17.7 Å². The van der Waals surface area contributed by atoms with Crippen molar-refractivity contribution in [2.45, 2.75) is 18.7 Å². The Bertz CT molecular complexity index is 571. The van der Waals surface area contributed by atoms with E-state index >= 15 is 0 Å². The Morgan fingerprint density at radius 3 is 2.48 bits per heavy atom. The van der Waals surface area contributed by atoms with Gasteiger partial charge in [0.2, 0.25) is 5.91 Å². The van der Waals surface area contributed by atoms with E-state index in [-0.39, 0.29) is 17.8 Å². The lowest BCUT2D eigenvalue weighted by Crippen LogP contribution is -2.28. The third kappa shape index (κ3) is 5.23. The second-order valence-corrected chi connectivity index (χ2v) is 5.80. The van der Waals surface area contributed by atoms with Crippen molar-refractivity contribution in [1.29, 1.82) is 0 Å². The highest BCUT2D eigenvalue weighted by atomic mass is 32.2. The average Bonchev–Trinajstić information content (AvgIpc) is 2.50. The average molecular weight is 303 g/mol. The van der Waals surface area contributed by atoms with Crippen molar-refractivity contribution in [2.24, 2.45) is 0 Å². The first-order valence-electron chi connectivity index (χ1n) is 6.81. The Hall–Kier alpha value is -1.81. The number of nitrogens with one attached hydrogen (secondary N) is 1. The van der Waals surface area contributed by atoms with Gasteiger partial charge in [-0.1, -0.05) is 42.5 Å². The summed E-state index contributed by atoms with van der Waals surface area (Å²) in [4.78, 5) is 11.9. The van der Waals surface area contributed by atoms with Crippen LogP contribution in [0.2, 0.25) is 0 Å². The monoisotopic (exact) mass is 303 g/mol. The molecule has 0 saturated carbocycles. The van der Waals surface area contributed by atoms with Gasteiger partial charge in [0.25, 0.3) is 0 Å². The fourth-order valence-corrected chi connectivity index (χ4v) is 2.75. The molecule has 1 atom stereocenters. The highest BCUT2D eigenvalue weighted by Gasteiger charge is 2.09. The SMILES string of the molecule is C[C@H](NC(=O)CSCc1ccc(F)cc1)c1ccccc1. The first-order chi connectivity index (χ1) is 10.1. The van der Waals surface area contributed by atoms with E-state index < -0.39 is 0 Å². The van der Waals surface area contributed by atoms with Crippen LogP contribution in [0.5, 0.6) is 0 Å². The third-order valence-electron chi connectivity index (χ3n) is 3.09. The Labute approximate surface area is 128 Å². The van der Waals surface area contributed by atoms with Gasteiger partial charge in [-0.25, -0.2) is 4.39 Å². The largest absolute Gasteiger partial charge is 0.349 e. The predicted molar refractivity (Wildman–Crippen MR) is 85.6 cm³/mol. The Morgan fingerprint density at radius 2 is 1.81 bits per heavy atom. The molecule has 0 fully saturated rings. The molecular formula is C17H18FNOS. The molecule has 2 aromatic carbocycles. The maximum Gasteiger partial charge on any atom is 0.230 e. The van der Waals surface area contributed by atoms with Crippen molar-refractivity contribution in [3.63, 3.8) is 0 Å². The molecule has 2 aromatic rings. The van der Waals surface area contributed by atoms with Gasteiger partial charge in [0.15, 0.2) is 0 Å². The van der Waals surface area contributed by atoms with Crippen molar-refractivity contribution in [3.8, 4) is 0 Å². The number of amides is 1. The molecule has 0 heterocycles. The Morgan fingerprint density at radius 1 is 1.14 bits per heavy atom. The summed E-state index contributed by atoms with van der Waals surface area (Å²) < 4.78 is 12.8. The molecule has 1 amide bonds. The van der Waals surface area contributed by atoms with Gasteiger partial charge in [0.1, 0.15) is 5.82 Å². The fourth-order valence-electron chi connectivity index (χ4n) is 1.95. The van der Waals surface area contributed by atoms with Crippen LogP contribution in [0, 0.1) is 5.82 Å². The second kappa shape index (κ2) is 7.84. The number of hydrogen-bond acceptors (Lipinski definition) is 2. The van der Waals surface area contributed by atoms with Gasteiger partial charge < -0.3 is 5.32 Å². The maximum absolute atomic E-state index is 12.8. The highest BCUT2D eigenvalue weighted by molar-refractivity contribution is 7.99. The van der Waals surface area contributed by atoms with Gasteiger partial charge in [0.05, 0.1) is 11.8 Å². The molecular weight excluding hydrogens is 285 g/mol. The van der Waals surface area contributed by atoms with Crippen LogP contribution in [0.25, 0.3) is 0 Å². The summed E-state index contributed by atoms with van der Waals surface area (Å²) >= 11 is 1.52. The lowest BCUT2D eigenvalue weighted by molar-refractivity contribution is -0.119. The van der Waals surface area contributed by atoms with Crippen LogP contribution in [-0.4, -0.2) is 11.7 Å². The van der Waals surface area contributed by atoms with Crippen LogP contribution in [0.3, 0.4) is 0 Å². The molecule has 1 N–H and O–H groups in total. The zero-order valence-corrected chi connectivity index (χ0v) is 12.7. The van der Waals surface area contributed by atoms with Gasteiger partial charge in [-0.15, -0.1) is 11.8 Å². The third-order valence-corrected chi connectivity index (χ3v) is 4.10. The molecule has 0 aliphatic heterocycles. The van der Waals surface area contributed by atoms with Crippen LogP contribution in [0.15, 0.2) is 54.6 Å². The van der Waals surface area contributed by atoms with E-state index in [4.69, 9.17) is 0 Å². The molecule has 0 bridgehead atoms. The van der Waals surface area contributed by atoms with Gasteiger partial charge in [-0.2, -0.15) is 0 Å². The van der Waals surface area contributed by atoms with Gasteiger partial charge in [0, 0.05) is 5.75 Å². The van der Waals surface area contributed by atoms with E-state index in [1.807, 2.05) is 37.3 Å². The number of halogens is 1. The highest BCUT2D eigenvalue weighted by Crippen LogP contribution is 2.14. The minimum absolute atomic E-state index is 0.00474. The molecule has 0 aliphatic rings. The van der Waals surface area contributed by atoms with E-state index in [0.29, 0.717) is 11.5 Å². The summed E-state index contributed by atoms with van der Waals surface area (Å²) in [6.45, 7) is 1.97. The number of carbonyl (C=O) groups is 1. The quantitative estimate of drug-likeness (QED) is 0.876. The molecule has 2 nitrogen and oxygen atoms in total. The molecule has 0 spiro atoms. The van der Waals surface area contributed by atoms with E-state index in [9.17, 15) is 9.18 Å². The zero-order valence-electron chi connectivity index (χ0n) is 11.9. The van der Waals surface area contributed by atoms with Crippen LogP contribution < -0.4 is 5.32 Å². The molecule has 21 heavy (non-hydrogen) atoms. The minimum Gasteiger partial charge on any atom is -0.349 e. The summed E-state index contributed by atoms with van der Waals surface area (Å²) in [6.07, 6.45) is 0. The van der Waals surface area contributed by atoms with Crippen molar-refractivity contribution in [1.82, 2.24) is 5.32 Å². The van der Waals surface area contributed by atoms with E-state index in [0.717, 1.165) is 11.1 Å². The molecule has 0 aliphatic carbocycles. The molecule has 0 aromatic heterocycles. The molecule has 110 valence electrons. The topological polar surface area (TPSA) is 29.1 Å². The molecule has 0 saturated heterocycles. The van der Waals surface area contributed by atoms with Crippen LogP contribution in [0.1, 0.15) is 24.1 Å². The van der Waals surface area contributed by atoms with Crippen molar-refractivity contribution in [3.05, 3.63) is 71.5 Å². The van der Waals surface area contributed by atoms with E-state index in [2.05, 4.69) is 5.32 Å². The van der Waals surface area contributed by atoms with E-state index in [1.54, 1.807) is 12.1 Å².